The predicted molar refractivity (Wildman–Crippen MR) is 73.7 cm³/mol. The van der Waals surface area contributed by atoms with Crippen LogP contribution in [-0.2, 0) is 4.74 Å². The third kappa shape index (κ3) is 3.20. The Morgan fingerprint density at radius 1 is 1.62 bits per heavy atom. The van der Waals surface area contributed by atoms with E-state index in [1.54, 1.807) is 0 Å². The average Bonchev–Trinajstić information content (AvgIpc) is 2.19. The number of thiol groups is 1. The second-order valence-corrected chi connectivity index (χ2v) is 5.51. The van der Waals surface area contributed by atoms with E-state index < -0.39 is 0 Å². The van der Waals surface area contributed by atoms with Crippen LogP contribution in [0.2, 0.25) is 0 Å². The molecule has 0 aromatic rings. The minimum atomic E-state index is -0.372. The Labute approximate surface area is 102 Å². The van der Waals surface area contributed by atoms with Crippen LogP contribution in [-0.4, -0.2) is 34.9 Å². The van der Waals surface area contributed by atoms with Crippen LogP contribution in [0, 0.1) is 0 Å². The SMILES string of the molecule is C=[SH]N(C)C1C=C(OC(C)C)C=C[C@@]1(C)N. The van der Waals surface area contributed by atoms with Crippen molar-refractivity contribution in [2.45, 2.75) is 38.5 Å². The van der Waals surface area contributed by atoms with Gasteiger partial charge in [0.15, 0.2) is 0 Å². The maximum Gasteiger partial charge on any atom is 0.117 e. The van der Waals surface area contributed by atoms with E-state index in [0.29, 0.717) is 0 Å². The Kier molecular flexibility index (Phi) is 4.35. The monoisotopic (exact) mass is 242 g/mol. The van der Waals surface area contributed by atoms with E-state index >= 15 is 0 Å². The molecule has 0 spiro atoms. The quantitative estimate of drug-likeness (QED) is 0.582. The van der Waals surface area contributed by atoms with E-state index in [2.05, 4.69) is 16.3 Å². The largest absolute Gasteiger partial charge is 0.491 e. The fourth-order valence-electron chi connectivity index (χ4n) is 1.70. The normalized spacial score (nSPS) is 29.7. The highest BCUT2D eigenvalue weighted by Gasteiger charge is 2.31. The van der Waals surface area contributed by atoms with E-state index in [1.165, 1.54) is 0 Å². The molecule has 1 aliphatic carbocycles. The molecule has 0 aromatic heterocycles. The number of nitrogens with zero attached hydrogens (tertiary/aromatic N) is 1. The van der Waals surface area contributed by atoms with Gasteiger partial charge in [-0.3, -0.25) is 4.31 Å². The molecule has 2 N–H and O–H groups in total. The van der Waals surface area contributed by atoms with Gasteiger partial charge in [0.2, 0.25) is 0 Å². The highest BCUT2D eigenvalue weighted by molar-refractivity contribution is 7.94. The van der Waals surface area contributed by atoms with Crippen molar-refractivity contribution in [1.29, 1.82) is 0 Å². The van der Waals surface area contributed by atoms with Crippen molar-refractivity contribution in [1.82, 2.24) is 4.31 Å². The third-order valence-electron chi connectivity index (χ3n) is 2.56. The van der Waals surface area contributed by atoms with Crippen LogP contribution >= 0.6 is 11.5 Å². The van der Waals surface area contributed by atoms with Gasteiger partial charge in [0.1, 0.15) is 5.76 Å². The molecule has 0 aromatic carbocycles. The molecule has 0 radical (unpaired) electrons. The topological polar surface area (TPSA) is 38.5 Å². The molecule has 0 aliphatic heterocycles. The van der Waals surface area contributed by atoms with Gasteiger partial charge in [0, 0.05) is 0 Å². The zero-order chi connectivity index (χ0) is 12.3. The predicted octanol–water partition coefficient (Wildman–Crippen LogP) is 1.70. The van der Waals surface area contributed by atoms with Gasteiger partial charge < -0.3 is 10.5 Å². The fourth-order valence-corrected chi connectivity index (χ4v) is 2.19. The highest BCUT2D eigenvalue weighted by Crippen LogP contribution is 2.25. The molecule has 0 saturated carbocycles. The van der Waals surface area contributed by atoms with Crippen molar-refractivity contribution < 1.29 is 4.74 Å². The van der Waals surface area contributed by atoms with Crippen molar-refractivity contribution in [3.05, 3.63) is 24.0 Å². The lowest BCUT2D eigenvalue weighted by molar-refractivity contribution is 0.151. The van der Waals surface area contributed by atoms with Crippen LogP contribution in [0.4, 0.5) is 0 Å². The molecule has 4 heteroatoms. The summed E-state index contributed by atoms with van der Waals surface area (Å²) in [6, 6.07) is 0.116. The number of nitrogens with two attached hydrogens (primary N) is 1. The molecule has 92 valence electrons. The lowest BCUT2D eigenvalue weighted by Crippen LogP contribution is -2.52. The zero-order valence-corrected chi connectivity index (χ0v) is 11.4. The lowest BCUT2D eigenvalue weighted by atomic mass is 9.89. The summed E-state index contributed by atoms with van der Waals surface area (Å²) in [5, 5.41) is 0. The molecule has 1 aliphatic rings. The van der Waals surface area contributed by atoms with Crippen molar-refractivity contribution >= 4 is 17.4 Å². The fraction of sp³-hybridized carbons (Fsp3) is 0.583. The minimum Gasteiger partial charge on any atom is -0.491 e. The number of allylic oxidation sites excluding steroid dienone is 1. The highest BCUT2D eigenvalue weighted by atomic mass is 32.1. The van der Waals surface area contributed by atoms with E-state index in [9.17, 15) is 0 Å². The molecule has 0 heterocycles. The van der Waals surface area contributed by atoms with Crippen molar-refractivity contribution in [3.63, 3.8) is 0 Å². The van der Waals surface area contributed by atoms with Crippen LogP contribution in [0.1, 0.15) is 20.8 Å². The first-order valence-electron chi connectivity index (χ1n) is 5.43. The molecule has 0 amide bonds. The Morgan fingerprint density at radius 2 is 2.25 bits per heavy atom. The number of rotatable bonds is 4. The molecular weight excluding hydrogens is 220 g/mol. The van der Waals surface area contributed by atoms with Gasteiger partial charge >= 0.3 is 0 Å². The van der Waals surface area contributed by atoms with Gasteiger partial charge in [-0.25, -0.2) is 0 Å². The molecule has 16 heavy (non-hydrogen) atoms. The van der Waals surface area contributed by atoms with Gasteiger partial charge in [-0.2, -0.15) is 0 Å². The molecule has 0 fully saturated rings. The smallest absolute Gasteiger partial charge is 0.117 e. The number of ether oxygens (including phenoxy) is 1. The maximum absolute atomic E-state index is 6.23. The van der Waals surface area contributed by atoms with Crippen LogP contribution < -0.4 is 5.73 Å². The Morgan fingerprint density at radius 3 is 2.75 bits per heavy atom. The summed E-state index contributed by atoms with van der Waals surface area (Å²) in [6.07, 6.45) is 6.20. The second kappa shape index (κ2) is 5.17. The molecule has 2 atom stereocenters. The first kappa shape index (κ1) is 13.5. The number of hydrogen-bond acceptors (Lipinski definition) is 3. The standard InChI is InChI=1S/C12H22N2OS/c1-9(2)15-10-6-7-12(3,13)11(8-10)14(4)16-5/h6-9,11,16H,5,13H2,1-4H3/t11?,12-/m1/s1. The molecule has 1 unspecified atom stereocenters. The van der Waals surface area contributed by atoms with Crippen LogP contribution in [0.15, 0.2) is 24.0 Å². The van der Waals surface area contributed by atoms with Gasteiger partial charge in [-0.1, -0.05) is 11.9 Å². The van der Waals surface area contributed by atoms with Crippen LogP contribution in [0.5, 0.6) is 0 Å². The Bertz CT molecular complexity index is 321. The zero-order valence-electron chi connectivity index (χ0n) is 10.5. The molecular formula is C12H22N2OS. The maximum atomic E-state index is 6.23. The van der Waals surface area contributed by atoms with Crippen molar-refractivity contribution in [3.8, 4) is 0 Å². The van der Waals surface area contributed by atoms with Gasteiger partial charge in [-0.15, -0.1) is 11.5 Å². The van der Waals surface area contributed by atoms with Crippen LogP contribution in [0.25, 0.3) is 0 Å². The second-order valence-electron chi connectivity index (χ2n) is 4.59. The summed E-state index contributed by atoms with van der Waals surface area (Å²) < 4.78 is 7.77. The van der Waals surface area contributed by atoms with E-state index in [4.69, 9.17) is 10.5 Å². The summed E-state index contributed by atoms with van der Waals surface area (Å²) in [6.45, 7) is 6.05. The minimum absolute atomic E-state index is 0.116. The third-order valence-corrected chi connectivity index (χ3v) is 3.26. The lowest BCUT2D eigenvalue weighted by Gasteiger charge is -2.37. The van der Waals surface area contributed by atoms with E-state index in [0.717, 1.165) is 17.3 Å². The molecule has 1 rings (SSSR count). The summed E-state index contributed by atoms with van der Waals surface area (Å²) in [7, 11) is 2.01. The van der Waals surface area contributed by atoms with Crippen LogP contribution in [0.3, 0.4) is 0 Å². The Balaban J connectivity index is 2.89. The number of likely N-dealkylation sites (N-methyl/N-ethyl adjacent to an activating group) is 1. The summed E-state index contributed by atoms with van der Waals surface area (Å²) in [5.41, 5.74) is 5.86. The molecule has 0 bridgehead atoms. The van der Waals surface area contributed by atoms with Gasteiger partial charge in [0.05, 0.1) is 17.7 Å². The summed E-state index contributed by atoms with van der Waals surface area (Å²) in [5.74, 6) is 4.75. The van der Waals surface area contributed by atoms with Gasteiger partial charge in [-0.05, 0) is 40.0 Å². The van der Waals surface area contributed by atoms with E-state index in [1.807, 2.05) is 40.0 Å². The van der Waals surface area contributed by atoms with Crippen molar-refractivity contribution in [2.75, 3.05) is 7.05 Å². The van der Waals surface area contributed by atoms with E-state index in [-0.39, 0.29) is 17.7 Å². The average molecular weight is 242 g/mol. The summed E-state index contributed by atoms with van der Waals surface area (Å²) >= 11 is 0.954. The first-order chi connectivity index (χ1) is 7.36. The Hall–Kier alpha value is -0.580. The molecule has 0 saturated heterocycles. The van der Waals surface area contributed by atoms with Crippen molar-refractivity contribution in [2.24, 2.45) is 5.73 Å². The van der Waals surface area contributed by atoms with Gasteiger partial charge in [0.25, 0.3) is 0 Å². The number of hydrogen-bond donors (Lipinski definition) is 2. The first-order valence-corrected chi connectivity index (χ1v) is 6.46. The summed E-state index contributed by atoms with van der Waals surface area (Å²) in [4.78, 5) is 0. The molecule has 3 nitrogen and oxygen atoms in total.